The molecule has 172 valence electrons. The van der Waals surface area contributed by atoms with E-state index < -0.39 is 4.92 Å². The molecular formula is C25H27N3O5. The van der Waals surface area contributed by atoms with Crippen LogP contribution in [-0.2, 0) is 6.54 Å². The maximum atomic E-state index is 13.2. The maximum absolute atomic E-state index is 13.2. The molecule has 0 unspecified atom stereocenters. The van der Waals surface area contributed by atoms with E-state index in [2.05, 4.69) is 35.2 Å². The van der Waals surface area contributed by atoms with E-state index in [0.717, 1.165) is 6.54 Å². The van der Waals surface area contributed by atoms with Gasteiger partial charge in [-0.2, -0.15) is 0 Å². The second-order valence-corrected chi connectivity index (χ2v) is 7.92. The predicted octanol–water partition coefficient (Wildman–Crippen LogP) is 4.11. The molecule has 0 spiro atoms. The molecule has 1 saturated heterocycles. The van der Waals surface area contributed by atoms with Crippen LogP contribution in [0.3, 0.4) is 0 Å². The molecule has 33 heavy (non-hydrogen) atoms. The third kappa shape index (κ3) is 4.75. The first-order valence-corrected chi connectivity index (χ1v) is 11.0. The molecule has 1 aliphatic rings. The van der Waals surface area contributed by atoms with Crippen molar-refractivity contribution in [1.29, 1.82) is 0 Å². The Morgan fingerprint density at radius 1 is 1.03 bits per heavy atom. The van der Waals surface area contributed by atoms with Gasteiger partial charge < -0.3 is 14.4 Å². The van der Waals surface area contributed by atoms with Crippen LogP contribution in [0.4, 0.5) is 5.69 Å². The van der Waals surface area contributed by atoms with Crippen molar-refractivity contribution < 1.29 is 19.2 Å². The van der Waals surface area contributed by atoms with Crippen LogP contribution in [0.15, 0.2) is 54.6 Å². The van der Waals surface area contributed by atoms with Gasteiger partial charge in [-0.1, -0.05) is 42.5 Å². The number of fused-ring (bicyclic) bond motifs is 1. The van der Waals surface area contributed by atoms with Gasteiger partial charge in [0, 0.05) is 38.8 Å². The molecule has 1 heterocycles. The summed E-state index contributed by atoms with van der Waals surface area (Å²) in [6.45, 7) is 5.33. The van der Waals surface area contributed by atoms with Crippen molar-refractivity contribution in [1.82, 2.24) is 9.80 Å². The molecule has 0 radical (unpaired) electrons. The Kier molecular flexibility index (Phi) is 6.74. The monoisotopic (exact) mass is 449 g/mol. The molecule has 8 heteroatoms. The van der Waals surface area contributed by atoms with Gasteiger partial charge in [0.05, 0.1) is 24.7 Å². The first-order chi connectivity index (χ1) is 16.0. The number of piperazine rings is 1. The predicted molar refractivity (Wildman–Crippen MR) is 126 cm³/mol. The molecule has 1 amide bonds. The highest BCUT2D eigenvalue weighted by Gasteiger charge is 2.30. The lowest BCUT2D eigenvalue weighted by Gasteiger charge is -2.35. The third-order valence-electron chi connectivity index (χ3n) is 5.94. The molecule has 3 aromatic rings. The number of nitrogens with zero attached hydrogens (tertiary/aromatic N) is 3. The molecule has 0 aromatic heterocycles. The molecule has 0 aliphatic carbocycles. The summed E-state index contributed by atoms with van der Waals surface area (Å²) in [6.07, 6.45) is 0. The fourth-order valence-corrected chi connectivity index (χ4v) is 4.25. The lowest BCUT2D eigenvalue weighted by molar-refractivity contribution is -0.385. The SMILES string of the molecule is CCOc1cc(C(=O)N2CCN(Cc3cccc4ccccc34)CC2)c([N+](=O)[O-])cc1OC. The van der Waals surface area contributed by atoms with Gasteiger partial charge in [0.25, 0.3) is 11.6 Å². The summed E-state index contributed by atoms with van der Waals surface area (Å²) in [5.74, 6) is 0.193. The zero-order chi connectivity index (χ0) is 23.4. The van der Waals surface area contributed by atoms with E-state index in [-0.39, 0.29) is 22.9 Å². The highest BCUT2D eigenvalue weighted by Crippen LogP contribution is 2.35. The minimum Gasteiger partial charge on any atom is -0.493 e. The number of carbonyl (C=O) groups is 1. The Hall–Kier alpha value is -3.65. The Labute approximate surface area is 192 Å². The van der Waals surface area contributed by atoms with Crippen molar-refractivity contribution in [2.24, 2.45) is 0 Å². The molecule has 0 N–H and O–H groups in total. The van der Waals surface area contributed by atoms with Gasteiger partial charge in [0.1, 0.15) is 5.56 Å². The lowest BCUT2D eigenvalue weighted by Crippen LogP contribution is -2.48. The van der Waals surface area contributed by atoms with E-state index in [0.29, 0.717) is 38.5 Å². The molecule has 3 aromatic carbocycles. The number of ether oxygens (including phenoxy) is 2. The van der Waals surface area contributed by atoms with E-state index in [1.807, 2.05) is 12.1 Å². The second-order valence-electron chi connectivity index (χ2n) is 7.92. The van der Waals surface area contributed by atoms with Gasteiger partial charge in [0.15, 0.2) is 11.5 Å². The number of hydrogen-bond donors (Lipinski definition) is 0. The second kappa shape index (κ2) is 9.87. The lowest BCUT2D eigenvalue weighted by atomic mass is 10.0. The Balaban J connectivity index is 1.49. The zero-order valence-electron chi connectivity index (χ0n) is 18.8. The average Bonchev–Trinajstić information content (AvgIpc) is 2.84. The smallest absolute Gasteiger partial charge is 0.286 e. The fourth-order valence-electron chi connectivity index (χ4n) is 4.25. The van der Waals surface area contributed by atoms with Crippen molar-refractivity contribution in [3.63, 3.8) is 0 Å². The topological polar surface area (TPSA) is 85.2 Å². The van der Waals surface area contributed by atoms with Crippen LogP contribution in [0.2, 0.25) is 0 Å². The van der Waals surface area contributed by atoms with E-state index in [9.17, 15) is 14.9 Å². The third-order valence-corrected chi connectivity index (χ3v) is 5.94. The van der Waals surface area contributed by atoms with E-state index in [4.69, 9.17) is 9.47 Å². The highest BCUT2D eigenvalue weighted by molar-refractivity contribution is 5.99. The number of rotatable bonds is 7. The molecule has 0 saturated carbocycles. The minimum atomic E-state index is -0.553. The van der Waals surface area contributed by atoms with Crippen molar-refractivity contribution in [2.45, 2.75) is 13.5 Å². The molecule has 8 nitrogen and oxygen atoms in total. The number of hydrogen-bond acceptors (Lipinski definition) is 6. The van der Waals surface area contributed by atoms with Crippen molar-refractivity contribution in [3.8, 4) is 11.5 Å². The first-order valence-electron chi connectivity index (χ1n) is 11.0. The largest absolute Gasteiger partial charge is 0.493 e. The van der Waals surface area contributed by atoms with E-state index in [1.54, 1.807) is 11.8 Å². The molecule has 1 aliphatic heterocycles. The van der Waals surface area contributed by atoms with E-state index in [1.165, 1.54) is 35.6 Å². The van der Waals surface area contributed by atoms with Gasteiger partial charge in [-0.05, 0) is 23.3 Å². The summed E-state index contributed by atoms with van der Waals surface area (Å²) >= 11 is 0. The number of benzene rings is 3. The summed E-state index contributed by atoms with van der Waals surface area (Å²) in [6, 6.07) is 17.3. The van der Waals surface area contributed by atoms with Crippen molar-refractivity contribution >= 4 is 22.4 Å². The van der Waals surface area contributed by atoms with Crippen molar-refractivity contribution in [2.75, 3.05) is 39.9 Å². The zero-order valence-corrected chi connectivity index (χ0v) is 18.8. The van der Waals surface area contributed by atoms with Crippen LogP contribution in [0.25, 0.3) is 10.8 Å². The highest BCUT2D eigenvalue weighted by atomic mass is 16.6. The molecular weight excluding hydrogens is 422 g/mol. The first kappa shape index (κ1) is 22.5. The van der Waals surface area contributed by atoms with Gasteiger partial charge in [-0.25, -0.2) is 0 Å². The number of methoxy groups -OCH3 is 1. The van der Waals surface area contributed by atoms with Crippen LogP contribution in [0.1, 0.15) is 22.8 Å². The summed E-state index contributed by atoms with van der Waals surface area (Å²) in [7, 11) is 1.41. The normalized spacial score (nSPS) is 14.3. The quantitative estimate of drug-likeness (QED) is 0.399. The maximum Gasteiger partial charge on any atom is 0.286 e. The fraction of sp³-hybridized carbons (Fsp3) is 0.320. The summed E-state index contributed by atoms with van der Waals surface area (Å²) in [4.78, 5) is 28.3. The Bertz CT molecular complexity index is 1170. The van der Waals surface area contributed by atoms with Crippen molar-refractivity contribution in [3.05, 3.63) is 75.8 Å². The molecule has 0 bridgehead atoms. The summed E-state index contributed by atoms with van der Waals surface area (Å²) in [5.41, 5.74) is 0.991. The molecule has 4 rings (SSSR count). The van der Waals surface area contributed by atoms with Crippen LogP contribution in [0.5, 0.6) is 11.5 Å². The van der Waals surface area contributed by atoms with Gasteiger partial charge in [0.2, 0.25) is 0 Å². The minimum absolute atomic E-state index is 0.0201. The van der Waals surface area contributed by atoms with Crippen LogP contribution in [0, 0.1) is 10.1 Å². The Morgan fingerprint density at radius 2 is 1.76 bits per heavy atom. The van der Waals surface area contributed by atoms with Gasteiger partial charge in [-0.3, -0.25) is 19.8 Å². The number of amides is 1. The van der Waals surface area contributed by atoms with Crippen LogP contribution >= 0.6 is 0 Å². The van der Waals surface area contributed by atoms with Crippen LogP contribution in [-0.4, -0.2) is 60.5 Å². The molecule has 0 atom stereocenters. The van der Waals surface area contributed by atoms with Gasteiger partial charge >= 0.3 is 0 Å². The summed E-state index contributed by atoms with van der Waals surface area (Å²) < 4.78 is 10.7. The van der Waals surface area contributed by atoms with Crippen LogP contribution < -0.4 is 9.47 Å². The molecule has 1 fully saturated rings. The standard InChI is InChI=1S/C25H27N3O5/c1-3-33-24-15-21(22(28(30)31)16-23(24)32-2)25(29)27-13-11-26(12-14-27)17-19-9-6-8-18-7-4-5-10-20(18)19/h4-10,15-16H,3,11-14,17H2,1-2H3. The van der Waals surface area contributed by atoms with Gasteiger partial charge in [-0.15, -0.1) is 0 Å². The summed E-state index contributed by atoms with van der Waals surface area (Å²) in [5, 5.41) is 14.1. The number of carbonyl (C=O) groups excluding carboxylic acids is 1. The number of nitro groups is 1. The van der Waals surface area contributed by atoms with E-state index >= 15 is 0 Å². The number of nitro benzene ring substituents is 1. The average molecular weight is 450 g/mol. The Morgan fingerprint density at radius 3 is 2.45 bits per heavy atom.